The minimum Gasteiger partial charge on any atom is -0.468 e. The Morgan fingerprint density at radius 3 is 2.44 bits per heavy atom. The quantitative estimate of drug-likeness (QED) is 0.699. The number of H-pyrrole nitrogens is 1. The number of ether oxygens (including phenoxy) is 2. The Labute approximate surface area is 156 Å². The largest absolute Gasteiger partial charge is 0.468 e. The van der Waals surface area contributed by atoms with Gasteiger partial charge in [0, 0.05) is 23.0 Å². The lowest BCUT2D eigenvalue weighted by atomic mass is 9.90. The molecule has 0 aliphatic carbocycles. The van der Waals surface area contributed by atoms with Crippen molar-refractivity contribution >= 4 is 22.8 Å². The van der Waals surface area contributed by atoms with Gasteiger partial charge in [0.2, 0.25) is 0 Å². The Morgan fingerprint density at radius 1 is 1.00 bits per heavy atom. The first-order valence-electron chi connectivity index (χ1n) is 8.74. The van der Waals surface area contributed by atoms with Crippen molar-refractivity contribution in [1.82, 2.24) is 10.3 Å². The summed E-state index contributed by atoms with van der Waals surface area (Å²) in [7, 11) is 2.76. The van der Waals surface area contributed by atoms with Crippen molar-refractivity contribution < 1.29 is 19.1 Å². The van der Waals surface area contributed by atoms with Gasteiger partial charge in [0.25, 0.3) is 0 Å². The summed E-state index contributed by atoms with van der Waals surface area (Å²) in [5.74, 6) is -0.668. The fourth-order valence-electron chi connectivity index (χ4n) is 3.72. The molecule has 138 valence electrons. The second-order valence-electron chi connectivity index (χ2n) is 6.56. The van der Waals surface area contributed by atoms with Crippen LogP contribution in [0.4, 0.5) is 0 Å². The number of aromatic amines is 1. The lowest BCUT2D eigenvalue weighted by Gasteiger charge is -2.30. The zero-order chi connectivity index (χ0) is 19.0. The molecule has 1 aliphatic rings. The SMILES string of the molecule is COC(=O)c1ccc([C@@H]2N[C@H](C(=O)OC)Cc3c2[nH]c2ccccc32)cc1. The van der Waals surface area contributed by atoms with Gasteiger partial charge in [0.05, 0.1) is 25.8 Å². The first-order valence-corrected chi connectivity index (χ1v) is 8.74. The second-order valence-corrected chi connectivity index (χ2v) is 6.56. The zero-order valence-electron chi connectivity index (χ0n) is 15.1. The molecule has 0 spiro atoms. The first-order chi connectivity index (χ1) is 13.1. The molecule has 2 atom stereocenters. The van der Waals surface area contributed by atoms with Crippen LogP contribution in [0.15, 0.2) is 48.5 Å². The molecule has 6 nitrogen and oxygen atoms in total. The highest BCUT2D eigenvalue weighted by Crippen LogP contribution is 2.35. The third-order valence-corrected chi connectivity index (χ3v) is 5.06. The Kier molecular flexibility index (Phi) is 4.41. The van der Waals surface area contributed by atoms with Gasteiger partial charge in [-0.2, -0.15) is 0 Å². The number of methoxy groups -OCH3 is 2. The highest BCUT2D eigenvalue weighted by atomic mass is 16.5. The van der Waals surface area contributed by atoms with Crippen LogP contribution in [0.1, 0.15) is 33.2 Å². The number of fused-ring (bicyclic) bond motifs is 3. The van der Waals surface area contributed by atoms with Crippen LogP contribution in [0.5, 0.6) is 0 Å². The van der Waals surface area contributed by atoms with Gasteiger partial charge in [-0.1, -0.05) is 30.3 Å². The van der Waals surface area contributed by atoms with Crippen molar-refractivity contribution in [3.8, 4) is 0 Å². The van der Waals surface area contributed by atoms with E-state index in [0.29, 0.717) is 12.0 Å². The average Bonchev–Trinajstić information content (AvgIpc) is 3.10. The number of carbonyl (C=O) groups is 2. The maximum Gasteiger partial charge on any atom is 0.337 e. The monoisotopic (exact) mass is 364 g/mol. The molecule has 0 radical (unpaired) electrons. The summed E-state index contributed by atoms with van der Waals surface area (Å²) in [5.41, 5.74) is 4.61. The molecule has 0 unspecified atom stereocenters. The van der Waals surface area contributed by atoms with E-state index in [2.05, 4.69) is 16.4 Å². The first kappa shape index (κ1) is 17.3. The molecule has 0 amide bonds. The van der Waals surface area contributed by atoms with Crippen molar-refractivity contribution in [1.29, 1.82) is 0 Å². The summed E-state index contributed by atoms with van der Waals surface area (Å²) < 4.78 is 9.73. The molecule has 2 heterocycles. The topological polar surface area (TPSA) is 80.4 Å². The van der Waals surface area contributed by atoms with E-state index in [4.69, 9.17) is 9.47 Å². The molecule has 0 fully saturated rings. The summed E-state index contributed by atoms with van der Waals surface area (Å²) >= 11 is 0. The fourth-order valence-corrected chi connectivity index (χ4v) is 3.72. The van der Waals surface area contributed by atoms with Crippen LogP contribution >= 0.6 is 0 Å². The summed E-state index contributed by atoms with van der Waals surface area (Å²) in [6, 6.07) is 14.6. The number of rotatable bonds is 3. The third-order valence-electron chi connectivity index (χ3n) is 5.06. The van der Waals surface area contributed by atoms with Crippen LogP contribution in [-0.4, -0.2) is 37.2 Å². The molecule has 1 aromatic heterocycles. The normalized spacial score (nSPS) is 18.7. The van der Waals surface area contributed by atoms with Crippen LogP contribution in [0.25, 0.3) is 10.9 Å². The van der Waals surface area contributed by atoms with Crippen LogP contribution < -0.4 is 5.32 Å². The predicted molar refractivity (Wildman–Crippen MR) is 101 cm³/mol. The van der Waals surface area contributed by atoms with E-state index in [9.17, 15) is 9.59 Å². The molecule has 1 aliphatic heterocycles. The number of carbonyl (C=O) groups excluding carboxylic acids is 2. The molecule has 4 rings (SSSR count). The number of nitrogens with one attached hydrogen (secondary N) is 2. The average molecular weight is 364 g/mol. The molecule has 0 saturated carbocycles. The fraction of sp³-hybridized carbons (Fsp3) is 0.238. The van der Waals surface area contributed by atoms with Gasteiger partial charge in [-0.05, 0) is 29.3 Å². The number of hydrogen-bond acceptors (Lipinski definition) is 5. The third kappa shape index (κ3) is 2.98. The van der Waals surface area contributed by atoms with Gasteiger partial charge in [-0.3, -0.25) is 10.1 Å². The predicted octanol–water partition coefficient (Wildman–Crippen LogP) is 2.73. The Morgan fingerprint density at radius 2 is 1.74 bits per heavy atom. The standard InChI is InChI=1S/C21H20N2O4/c1-26-20(24)13-9-7-12(8-10-13)18-19-15(11-17(23-18)21(25)27-2)14-5-3-4-6-16(14)22-19/h3-10,17-18,22-23H,11H2,1-2H3/t17-,18-/m0/s1. The van der Waals surface area contributed by atoms with Gasteiger partial charge in [-0.25, -0.2) is 4.79 Å². The van der Waals surface area contributed by atoms with E-state index in [-0.39, 0.29) is 18.0 Å². The van der Waals surface area contributed by atoms with Crippen molar-refractivity contribution in [2.75, 3.05) is 14.2 Å². The van der Waals surface area contributed by atoms with Gasteiger partial charge < -0.3 is 14.5 Å². The van der Waals surface area contributed by atoms with Crippen LogP contribution in [0.2, 0.25) is 0 Å². The van der Waals surface area contributed by atoms with E-state index in [0.717, 1.165) is 27.7 Å². The van der Waals surface area contributed by atoms with E-state index >= 15 is 0 Å². The Bertz CT molecular complexity index is 1010. The summed E-state index contributed by atoms with van der Waals surface area (Å²) in [6.45, 7) is 0. The minimum absolute atomic E-state index is 0.211. The van der Waals surface area contributed by atoms with Crippen LogP contribution in [0, 0.1) is 0 Å². The maximum absolute atomic E-state index is 12.2. The summed E-state index contributed by atoms with van der Waals surface area (Å²) in [5, 5.41) is 4.49. The van der Waals surface area contributed by atoms with E-state index < -0.39 is 6.04 Å². The molecular weight excluding hydrogens is 344 g/mol. The molecular formula is C21H20N2O4. The molecule has 2 N–H and O–H groups in total. The van der Waals surface area contributed by atoms with Crippen molar-refractivity contribution in [2.45, 2.75) is 18.5 Å². The molecule has 2 aromatic carbocycles. The Hall–Kier alpha value is -3.12. The number of hydrogen-bond donors (Lipinski definition) is 2. The number of aromatic nitrogens is 1. The van der Waals surface area contributed by atoms with Gasteiger partial charge >= 0.3 is 11.9 Å². The van der Waals surface area contributed by atoms with Crippen LogP contribution in [0.3, 0.4) is 0 Å². The van der Waals surface area contributed by atoms with Crippen LogP contribution in [-0.2, 0) is 20.7 Å². The molecule has 3 aromatic rings. The number of esters is 2. The molecule has 27 heavy (non-hydrogen) atoms. The lowest BCUT2D eigenvalue weighted by molar-refractivity contribution is -0.143. The second kappa shape index (κ2) is 6.89. The van der Waals surface area contributed by atoms with Gasteiger partial charge in [-0.15, -0.1) is 0 Å². The van der Waals surface area contributed by atoms with Gasteiger partial charge in [0.15, 0.2) is 0 Å². The van der Waals surface area contributed by atoms with Gasteiger partial charge in [0.1, 0.15) is 6.04 Å². The highest BCUT2D eigenvalue weighted by Gasteiger charge is 2.34. The van der Waals surface area contributed by atoms with E-state index in [1.165, 1.54) is 14.2 Å². The smallest absolute Gasteiger partial charge is 0.337 e. The minimum atomic E-state index is -0.438. The summed E-state index contributed by atoms with van der Waals surface area (Å²) in [4.78, 5) is 27.4. The zero-order valence-corrected chi connectivity index (χ0v) is 15.1. The van der Waals surface area contributed by atoms with Crippen molar-refractivity contribution in [3.63, 3.8) is 0 Å². The van der Waals surface area contributed by atoms with Crippen molar-refractivity contribution in [2.24, 2.45) is 0 Å². The van der Waals surface area contributed by atoms with E-state index in [1.807, 2.05) is 30.3 Å². The molecule has 0 bridgehead atoms. The Balaban J connectivity index is 1.79. The highest BCUT2D eigenvalue weighted by molar-refractivity contribution is 5.89. The molecule has 0 saturated heterocycles. The lowest BCUT2D eigenvalue weighted by Crippen LogP contribution is -2.45. The molecule has 6 heteroatoms. The number of para-hydroxylation sites is 1. The summed E-state index contributed by atoms with van der Waals surface area (Å²) in [6.07, 6.45) is 0.558. The number of benzene rings is 2. The van der Waals surface area contributed by atoms with Crippen molar-refractivity contribution in [3.05, 3.63) is 70.9 Å². The maximum atomic E-state index is 12.2. The van der Waals surface area contributed by atoms with E-state index in [1.54, 1.807) is 12.1 Å².